The fourth-order valence-electron chi connectivity index (χ4n) is 2.34. The van der Waals surface area contributed by atoms with Crippen molar-refractivity contribution in [1.29, 1.82) is 0 Å². The second-order valence-electron chi connectivity index (χ2n) is 4.76. The van der Waals surface area contributed by atoms with Gasteiger partial charge in [0.2, 0.25) is 0 Å². The number of rotatable bonds is 2. The van der Waals surface area contributed by atoms with Gasteiger partial charge in [0.15, 0.2) is 0 Å². The summed E-state index contributed by atoms with van der Waals surface area (Å²) in [5.74, 6) is 0. The molecule has 2 amide bonds. The summed E-state index contributed by atoms with van der Waals surface area (Å²) in [5.41, 5.74) is 8.34. The van der Waals surface area contributed by atoms with Crippen LogP contribution >= 0.6 is 15.9 Å². The molecule has 1 aliphatic heterocycles. The number of nitrogens with zero attached hydrogens (tertiary/aromatic N) is 1. The van der Waals surface area contributed by atoms with Crippen LogP contribution in [-0.2, 0) is 0 Å². The molecule has 3 rings (SSSR count). The molecule has 0 aromatic heterocycles. The van der Waals surface area contributed by atoms with Gasteiger partial charge in [-0.3, -0.25) is 4.90 Å². The summed E-state index contributed by atoms with van der Waals surface area (Å²) in [7, 11) is 0. The molecule has 1 saturated heterocycles. The van der Waals surface area contributed by atoms with E-state index in [2.05, 4.69) is 21.2 Å². The summed E-state index contributed by atoms with van der Waals surface area (Å²) in [6.07, 6.45) is 0. The normalized spacial score (nSPS) is 18.1. The highest BCUT2D eigenvalue weighted by Crippen LogP contribution is 2.27. The third-order valence-corrected chi connectivity index (χ3v) is 3.89. The van der Waals surface area contributed by atoms with Crippen LogP contribution in [0, 0.1) is 0 Å². The quantitative estimate of drug-likeness (QED) is 0.829. The molecule has 0 aliphatic carbocycles. The van der Waals surface area contributed by atoms with E-state index < -0.39 is 0 Å². The lowest BCUT2D eigenvalue weighted by Crippen LogP contribution is -2.27. The molecule has 1 unspecified atom stereocenters. The highest BCUT2D eigenvalue weighted by Gasteiger charge is 2.30. The largest absolute Gasteiger partial charge is 0.399 e. The van der Waals surface area contributed by atoms with Gasteiger partial charge in [0.05, 0.1) is 12.6 Å². The lowest BCUT2D eigenvalue weighted by atomic mass is 10.1. The molecule has 5 heteroatoms. The lowest BCUT2D eigenvalue weighted by Gasteiger charge is -2.15. The molecular weight excluding hydrogens is 318 g/mol. The topological polar surface area (TPSA) is 58.4 Å². The van der Waals surface area contributed by atoms with E-state index in [0.29, 0.717) is 12.2 Å². The fourth-order valence-corrected chi connectivity index (χ4v) is 2.60. The first-order valence-corrected chi connectivity index (χ1v) is 7.12. The van der Waals surface area contributed by atoms with Crippen LogP contribution in [0.4, 0.5) is 16.2 Å². The van der Waals surface area contributed by atoms with E-state index in [0.717, 1.165) is 15.7 Å². The second kappa shape index (κ2) is 5.17. The van der Waals surface area contributed by atoms with E-state index >= 15 is 0 Å². The molecule has 2 aromatic rings. The zero-order valence-electron chi connectivity index (χ0n) is 10.7. The Kier molecular flexibility index (Phi) is 3.36. The van der Waals surface area contributed by atoms with Crippen LogP contribution in [0.2, 0.25) is 0 Å². The van der Waals surface area contributed by atoms with Gasteiger partial charge >= 0.3 is 6.03 Å². The van der Waals surface area contributed by atoms with E-state index in [4.69, 9.17) is 5.73 Å². The van der Waals surface area contributed by atoms with Crippen molar-refractivity contribution in [1.82, 2.24) is 5.32 Å². The molecule has 0 spiro atoms. The third kappa shape index (κ3) is 2.49. The summed E-state index contributed by atoms with van der Waals surface area (Å²) in [6, 6.07) is 15.2. The standard InChI is InChI=1S/C15H14BrN3O/c16-11-6-4-10(5-7-11)14-9-19(15(20)18-14)13-3-1-2-12(17)8-13/h1-8,14H,9,17H2,(H,18,20). The number of carbonyl (C=O) groups is 1. The van der Waals surface area contributed by atoms with Gasteiger partial charge in [-0.1, -0.05) is 34.1 Å². The molecule has 2 aromatic carbocycles. The van der Waals surface area contributed by atoms with Crippen molar-refractivity contribution in [3.05, 3.63) is 58.6 Å². The van der Waals surface area contributed by atoms with Crippen LogP contribution in [0.1, 0.15) is 11.6 Å². The van der Waals surface area contributed by atoms with Crippen LogP contribution in [0.25, 0.3) is 0 Å². The minimum Gasteiger partial charge on any atom is -0.399 e. The molecule has 1 fully saturated rings. The van der Waals surface area contributed by atoms with E-state index in [9.17, 15) is 4.79 Å². The van der Waals surface area contributed by atoms with Crippen LogP contribution in [-0.4, -0.2) is 12.6 Å². The van der Waals surface area contributed by atoms with Crippen molar-refractivity contribution in [3.8, 4) is 0 Å². The molecular formula is C15H14BrN3O. The number of hydrogen-bond donors (Lipinski definition) is 2. The number of nitrogens with one attached hydrogen (secondary N) is 1. The van der Waals surface area contributed by atoms with Gasteiger partial charge in [0.25, 0.3) is 0 Å². The predicted molar refractivity (Wildman–Crippen MR) is 83.6 cm³/mol. The first-order valence-electron chi connectivity index (χ1n) is 6.32. The molecule has 0 radical (unpaired) electrons. The van der Waals surface area contributed by atoms with Gasteiger partial charge in [-0.2, -0.15) is 0 Å². The molecule has 20 heavy (non-hydrogen) atoms. The van der Waals surface area contributed by atoms with Crippen molar-refractivity contribution in [2.45, 2.75) is 6.04 Å². The molecule has 102 valence electrons. The van der Waals surface area contributed by atoms with Gasteiger partial charge in [0, 0.05) is 15.8 Å². The molecule has 4 nitrogen and oxygen atoms in total. The van der Waals surface area contributed by atoms with Gasteiger partial charge in [-0.15, -0.1) is 0 Å². The number of carbonyl (C=O) groups excluding carboxylic acids is 1. The Morgan fingerprint density at radius 1 is 1.20 bits per heavy atom. The highest BCUT2D eigenvalue weighted by molar-refractivity contribution is 9.10. The lowest BCUT2D eigenvalue weighted by molar-refractivity contribution is 0.251. The van der Waals surface area contributed by atoms with Crippen LogP contribution in [0.15, 0.2) is 53.0 Å². The van der Waals surface area contributed by atoms with Crippen LogP contribution in [0.3, 0.4) is 0 Å². The van der Waals surface area contributed by atoms with Crippen LogP contribution < -0.4 is 16.0 Å². The number of urea groups is 1. The smallest absolute Gasteiger partial charge is 0.322 e. The number of amides is 2. The maximum Gasteiger partial charge on any atom is 0.322 e. The first-order chi connectivity index (χ1) is 9.63. The van der Waals surface area contributed by atoms with Crippen molar-refractivity contribution < 1.29 is 4.79 Å². The van der Waals surface area contributed by atoms with E-state index in [1.165, 1.54) is 0 Å². The predicted octanol–water partition coefficient (Wildman–Crippen LogP) is 3.30. The van der Waals surface area contributed by atoms with Crippen molar-refractivity contribution >= 4 is 33.3 Å². The van der Waals surface area contributed by atoms with E-state index in [1.54, 1.807) is 4.90 Å². The second-order valence-corrected chi connectivity index (χ2v) is 5.67. The molecule has 0 saturated carbocycles. The highest BCUT2D eigenvalue weighted by atomic mass is 79.9. The summed E-state index contributed by atoms with van der Waals surface area (Å²) in [4.78, 5) is 13.8. The third-order valence-electron chi connectivity index (χ3n) is 3.36. The molecule has 1 aliphatic rings. The summed E-state index contributed by atoms with van der Waals surface area (Å²) in [6.45, 7) is 0.601. The minimum absolute atomic E-state index is 0.00275. The zero-order valence-corrected chi connectivity index (χ0v) is 12.3. The van der Waals surface area contributed by atoms with E-state index in [1.807, 2.05) is 48.5 Å². The number of nitrogens with two attached hydrogens (primary N) is 1. The monoisotopic (exact) mass is 331 g/mol. The van der Waals surface area contributed by atoms with Crippen molar-refractivity contribution in [2.24, 2.45) is 0 Å². The molecule has 3 N–H and O–H groups in total. The van der Waals surface area contributed by atoms with E-state index in [-0.39, 0.29) is 12.1 Å². The fraction of sp³-hybridized carbons (Fsp3) is 0.133. The maximum absolute atomic E-state index is 12.1. The Bertz CT molecular complexity index is 642. The van der Waals surface area contributed by atoms with Gasteiger partial charge in [-0.05, 0) is 35.9 Å². The van der Waals surface area contributed by atoms with Gasteiger partial charge < -0.3 is 11.1 Å². The Balaban J connectivity index is 1.83. The Labute approximate surface area is 125 Å². The Morgan fingerprint density at radius 3 is 2.65 bits per heavy atom. The first kappa shape index (κ1) is 13.0. The van der Waals surface area contributed by atoms with Gasteiger partial charge in [-0.25, -0.2) is 4.79 Å². The summed E-state index contributed by atoms with van der Waals surface area (Å²) in [5, 5.41) is 2.99. The molecule has 1 atom stereocenters. The number of anilines is 2. The summed E-state index contributed by atoms with van der Waals surface area (Å²) < 4.78 is 1.03. The van der Waals surface area contributed by atoms with Gasteiger partial charge in [0.1, 0.15) is 0 Å². The van der Waals surface area contributed by atoms with Crippen molar-refractivity contribution in [2.75, 3.05) is 17.2 Å². The Morgan fingerprint density at radius 2 is 1.95 bits per heavy atom. The summed E-state index contributed by atoms with van der Waals surface area (Å²) >= 11 is 3.41. The Hall–Kier alpha value is -2.01. The maximum atomic E-state index is 12.1. The zero-order chi connectivity index (χ0) is 14.1. The average Bonchev–Trinajstić information content (AvgIpc) is 2.82. The number of benzene rings is 2. The number of halogens is 1. The minimum atomic E-state index is -0.0940. The van der Waals surface area contributed by atoms with Crippen LogP contribution in [0.5, 0.6) is 0 Å². The average molecular weight is 332 g/mol. The number of nitrogen functional groups attached to an aromatic ring is 1. The number of hydrogen-bond acceptors (Lipinski definition) is 2. The molecule has 0 bridgehead atoms. The molecule has 1 heterocycles. The SMILES string of the molecule is Nc1cccc(N2CC(c3ccc(Br)cc3)NC2=O)c1. The van der Waals surface area contributed by atoms with Crippen molar-refractivity contribution in [3.63, 3.8) is 0 Å².